The lowest BCUT2D eigenvalue weighted by Crippen LogP contribution is -2.40. The first-order chi connectivity index (χ1) is 9.85. The maximum absolute atomic E-state index is 9.91. The van der Waals surface area contributed by atoms with Gasteiger partial charge in [0.1, 0.15) is 5.75 Å². The zero-order valence-electron chi connectivity index (χ0n) is 11.9. The van der Waals surface area contributed by atoms with Crippen molar-refractivity contribution in [2.45, 2.75) is 19.9 Å². The quantitative estimate of drug-likeness (QED) is 0.433. The van der Waals surface area contributed by atoms with Crippen molar-refractivity contribution in [1.29, 1.82) is 0 Å². The Kier molecular flexibility index (Phi) is 7.17. The van der Waals surface area contributed by atoms with Crippen LogP contribution >= 0.6 is 35.4 Å². The van der Waals surface area contributed by atoms with Gasteiger partial charge in [0.05, 0.1) is 17.3 Å². The molecule has 0 bridgehead atoms. The molecule has 0 fully saturated rings. The minimum Gasteiger partial charge on any atom is -0.506 e. The minimum atomic E-state index is -0.0734. The molecule has 5 nitrogen and oxygen atoms in total. The number of hydrogen-bond donors (Lipinski definition) is 3. The highest BCUT2D eigenvalue weighted by molar-refractivity contribution is 7.80. The maximum atomic E-state index is 9.91. The molecule has 1 rings (SSSR count). The fourth-order valence-electron chi connectivity index (χ4n) is 1.58. The van der Waals surface area contributed by atoms with E-state index < -0.39 is 0 Å². The average molecular weight is 350 g/mol. The van der Waals surface area contributed by atoms with Crippen LogP contribution in [0.4, 0.5) is 0 Å². The van der Waals surface area contributed by atoms with Crippen molar-refractivity contribution < 1.29 is 9.84 Å². The third-order valence-electron chi connectivity index (χ3n) is 2.54. The zero-order chi connectivity index (χ0) is 16.0. The van der Waals surface area contributed by atoms with Crippen LogP contribution in [0, 0.1) is 0 Å². The first kappa shape index (κ1) is 18.0. The van der Waals surface area contributed by atoms with Gasteiger partial charge in [0.2, 0.25) is 0 Å². The molecular weight excluding hydrogens is 333 g/mol. The second-order valence-electron chi connectivity index (χ2n) is 4.42. The normalized spacial score (nSPS) is 12.9. The number of phenolic OH excluding ortho intramolecular Hbond substituents is 1. The summed E-state index contributed by atoms with van der Waals surface area (Å²) in [7, 11) is 1.61. The Morgan fingerprint density at radius 1 is 1.48 bits per heavy atom. The third kappa shape index (κ3) is 5.67. The number of thiocarbonyl (C=S) groups is 1. The molecule has 0 saturated heterocycles. The van der Waals surface area contributed by atoms with Crippen LogP contribution in [-0.4, -0.2) is 35.7 Å². The molecule has 116 valence electrons. The Balaban J connectivity index is 2.75. The number of hydrazone groups is 1. The minimum absolute atomic E-state index is 0.0551. The highest BCUT2D eigenvalue weighted by Crippen LogP contribution is 2.31. The Morgan fingerprint density at radius 2 is 2.14 bits per heavy atom. The molecule has 21 heavy (non-hydrogen) atoms. The summed E-state index contributed by atoms with van der Waals surface area (Å²) in [6.07, 6.45) is 0. The summed E-state index contributed by atoms with van der Waals surface area (Å²) in [5, 5.41) is 17.9. The van der Waals surface area contributed by atoms with Crippen molar-refractivity contribution >= 4 is 46.2 Å². The number of hydrogen-bond acceptors (Lipinski definition) is 4. The van der Waals surface area contributed by atoms with Gasteiger partial charge in [0, 0.05) is 23.7 Å². The van der Waals surface area contributed by atoms with Crippen LogP contribution in [0.2, 0.25) is 10.0 Å². The molecule has 0 aromatic heterocycles. The molecule has 0 unspecified atom stereocenters. The molecular formula is C13H17Cl2N3O2S. The maximum Gasteiger partial charge on any atom is 0.187 e. The molecule has 0 saturated carbocycles. The number of rotatable bonds is 5. The smallest absolute Gasteiger partial charge is 0.187 e. The molecule has 0 aliphatic heterocycles. The number of phenols is 1. The van der Waals surface area contributed by atoms with Crippen LogP contribution in [0.1, 0.15) is 19.4 Å². The van der Waals surface area contributed by atoms with Gasteiger partial charge in [-0.1, -0.05) is 23.2 Å². The van der Waals surface area contributed by atoms with E-state index in [1.807, 2.05) is 6.92 Å². The zero-order valence-corrected chi connectivity index (χ0v) is 14.2. The van der Waals surface area contributed by atoms with E-state index in [0.717, 1.165) is 0 Å². The van der Waals surface area contributed by atoms with Gasteiger partial charge in [-0.15, -0.1) is 0 Å². The van der Waals surface area contributed by atoms with Crippen LogP contribution < -0.4 is 10.7 Å². The molecule has 1 atom stereocenters. The summed E-state index contributed by atoms with van der Waals surface area (Å²) in [6, 6.07) is 3.09. The van der Waals surface area contributed by atoms with E-state index in [1.54, 1.807) is 20.1 Å². The Labute approximate surface area is 139 Å². The first-order valence-electron chi connectivity index (χ1n) is 6.13. The van der Waals surface area contributed by atoms with E-state index in [0.29, 0.717) is 28.0 Å². The molecule has 1 aromatic carbocycles. The van der Waals surface area contributed by atoms with Gasteiger partial charge in [0.15, 0.2) is 5.11 Å². The van der Waals surface area contributed by atoms with Crippen LogP contribution in [0.15, 0.2) is 17.2 Å². The molecule has 0 spiro atoms. The molecule has 0 amide bonds. The predicted octanol–water partition coefficient (Wildman–Crippen LogP) is 2.92. The molecule has 0 heterocycles. The number of nitrogens with zero attached hydrogens (tertiary/aromatic N) is 1. The van der Waals surface area contributed by atoms with E-state index in [9.17, 15) is 5.11 Å². The Bertz CT molecular complexity index is 552. The molecule has 0 aliphatic rings. The summed E-state index contributed by atoms with van der Waals surface area (Å²) in [5.74, 6) is -0.0734. The molecule has 1 aromatic rings. The van der Waals surface area contributed by atoms with Gasteiger partial charge >= 0.3 is 0 Å². The lowest BCUT2D eigenvalue weighted by atomic mass is 10.1. The summed E-state index contributed by atoms with van der Waals surface area (Å²) in [4.78, 5) is 0. The second-order valence-corrected chi connectivity index (χ2v) is 5.67. The highest BCUT2D eigenvalue weighted by atomic mass is 35.5. The van der Waals surface area contributed by atoms with Crippen molar-refractivity contribution in [3.05, 3.63) is 27.7 Å². The van der Waals surface area contributed by atoms with Gasteiger partial charge in [-0.05, 0) is 38.2 Å². The van der Waals surface area contributed by atoms with Crippen molar-refractivity contribution in [2.75, 3.05) is 13.7 Å². The predicted molar refractivity (Wildman–Crippen MR) is 90.5 cm³/mol. The monoisotopic (exact) mass is 349 g/mol. The molecule has 3 N–H and O–H groups in total. The van der Waals surface area contributed by atoms with Crippen molar-refractivity contribution in [3.63, 3.8) is 0 Å². The SMILES string of the molecule is COC[C@@H](C)NC(=S)N/N=C(\C)c1cc(Cl)cc(Cl)c1O. The van der Waals surface area contributed by atoms with E-state index in [-0.39, 0.29) is 16.8 Å². The van der Waals surface area contributed by atoms with Gasteiger partial charge in [-0.25, -0.2) is 0 Å². The summed E-state index contributed by atoms with van der Waals surface area (Å²) in [6.45, 7) is 4.15. The van der Waals surface area contributed by atoms with Crippen molar-refractivity contribution in [2.24, 2.45) is 5.10 Å². The molecule has 0 radical (unpaired) electrons. The van der Waals surface area contributed by atoms with Gasteiger partial charge in [0.25, 0.3) is 0 Å². The van der Waals surface area contributed by atoms with Crippen molar-refractivity contribution in [3.8, 4) is 5.75 Å². The third-order valence-corrected chi connectivity index (χ3v) is 3.25. The fraction of sp³-hybridized carbons (Fsp3) is 0.385. The second kappa shape index (κ2) is 8.38. The standard InChI is InChI=1S/C13H17Cl2N3O2S/c1-7(6-20-3)16-13(21)18-17-8(2)10-4-9(14)5-11(15)12(10)19/h4-5,7,19H,6H2,1-3H3,(H2,16,18,21)/b17-8+/t7-/m1/s1. The van der Waals surface area contributed by atoms with Crippen LogP contribution in [0.5, 0.6) is 5.75 Å². The summed E-state index contributed by atoms with van der Waals surface area (Å²) < 4.78 is 4.99. The highest BCUT2D eigenvalue weighted by Gasteiger charge is 2.11. The number of benzene rings is 1. The van der Waals surface area contributed by atoms with E-state index in [2.05, 4.69) is 15.8 Å². The van der Waals surface area contributed by atoms with Crippen LogP contribution in [-0.2, 0) is 4.74 Å². The average Bonchev–Trinajstić information content (AvgIpc) is 2.40. The van der Waals surface area contributed by atoms with E-state index >= 15 is 0 Å². The number of aromatic hydroxyl groups is 1. The summed E-state index contributed by atoms with van der Waals surface area (Å²) in [5.41, 5.74) is 3.63. The summed E-state index contributed by atoms with van der Waals surface area (Å²) >= 11 is 16.9. The number of ether oxygens (including phenoxy) is 1. The van der Waals surface area contributed by atoms with Gasteiger partial charge < -0.3 is 15.2 Å². The number of methoxy groups -OCH3 is 1. The van der Waals surface area contributed by atoms with Crippen LogP contribution in [0.3, 0.4) is 0 Å². The fourth-order valence-corrected chi connectivity index (χ4v) is 2.32. The lowest BCUT2D eigenvalue weighted by molar-refractivity contribution is 0.179. The van der Waals surface area contributed by atoms with Crippen molar-refractivity contribution in [1.82, 2.24) is 10.7 Å². The van der Waals surface area contributed by atoms with Crippen LogP contribution in [0.25, 0.3) is 0 Å². The number of halogens is 2. The Hall–Kier alpha value is -1.08. The van der Waals surface area contributed by atoms with Gasteiger partial charge in [-0.3, -0.25) is 5.43 Å². The van der Waals surface area contributed by atoms with E-state index in [1.165, 1.54) is 6.07 Å². The lowest BCUT2D eigenvalue weighted by Gasteiger charge is -2.14. The molecule has 8 heteroatoms. The van der Waals surface area contributed by atoms with Gasteiger partial charge in [-0.2, -0.15) is 5.10 Å². The largest absolute Gasteiger partial charge is 0.506 e. The first-order valence-corrected chi connectivity index (χ1v) is 7.29. The number of nitrogens with one attached hydrogen (secondary N) is 2. The Morgan fingerprint density at radius 3 is 2.76 bits per heavy atom. The topological polar surface area (TPSA) is 65.9 Å². The van der Waals surface area contributed by atoms with E-state index in [4.69, 9.17) is 40.2 Å². The molecule has 0 aliphatic carbocycles.